The number of aromatic nitrogens is 3. The van der Waals surface area contributed by atoms with Gasteiger partial charge in [-0.1, -0.05) is 6.92 Å². The van der Waals surface area contributed by atoms with Gasteiger partial charge in [-0.05, 0) is 25.0 Å². The van der Waals surface area contributed by atoms with Gasteiger partial charge in [0.15, 0.2) is 5.65 Å². The van der Waals surface area contributed by atoms with E-state index in [1.54, 1.807) is 7.11 Å². The van der Waals surface area contributed by atoms with E-state index >= 15 is 0 Å². The predicted octanol–water partition coefficient (Wildman–Crippen LogP) is 1.92. The lowest BCUT2D eigenvalue weighted by atomic mass is 10.2. The van der Waals surface area contributed by atoms with Crippen LogP contribution in [-0.2, 0) is 4.74 Å². The summed E-state index contributed by atoms with van der Waals surface area (Å²) in [4.78, 5) is 8.77. The van der Waals surface area contributed by atoms with Crippen molar-refractivity contribution in [2.45, 2.75) is 26.3 Å². The van der Waals surface area contributed by atoms with Crippen LogP contribution < -0.4 is 5.73 Å². The number of rotatable bonds is 4. The van der Waals surface area contributed by atoms with Crippen molar-refractivity contribution in [2.24, 2.45) is 0 Å². The largest absolute Gasteiger partial charge is 0.383 e. The zero-order valence-corrected chi connectivity index (χ0v) is 10.5. The highest BCUT2D eigenvalue weighted by atomic mass is 16.5. The molecule has 1 unspecified atom stereocenters. The lowest BCUT2D eigenvalue weighted by Crippen LogP contribution is -2.16. The summed E-state index contributed by atoms with van der Waals surface area (Å²) in [5, 5.41) is 0. The van der Waals surface area contributed by atoms with Crippen molar-refractivity contribution in [1.82, 2.24) is 14.5 Å². The highest BCUT2D eigenvalue weighted by Crippen LogP contribution is 2.23. The molecule has 0 saturated heterocycles. The maximum Gasteiger partial charge on any atom is 0.202 e. The van der Waals surface area contributed by atoms with Crippen molar-refractivity contribution >= 4 is 17.1 Å². The summed E-state index contributed by atoms with van der Waals surface area (Å²) in [7, 11) is 1.69. The number of aryl methyl sites for hydroxylation is 1. The average molecular weight is 234 g/mol. The van der Waals surface area contributed by atoms with Crippen molar-refractivity contribution < 1.29 is 4.74 Å². The molecule has 0 spiro atoms. The van der Waals surface area contributed by atoms with E-state index in [1.807, 2.05) is 23.8 Å². The van der Waals surface area contributed by atoms with E-state index < -0.39 is 0 Å². The van der Waals surface area contributed by atoms with Gasteiger partial charge in [0.1, 0.15) is 5.52 Å². The summed E-state index contributed by atoms with van der Waals surface area (Å²) < 4.78 is 7.17. The standard InChI is InChI=1S/C12H18N4O/c1-4-9(7-17-3)16-11-10(15-12(16)13)5-8(2)6-14-11/h5-6,9H,4,7H2,1-3H3,(H2,13,15). The first kappa shape index (κ1) is 11.9. The number of hydrogen-bond donors (Lipinski definition) is 1. The zero-order valence-electron chi connectivity index (χ0n) is 10.5. The molecule has 0 radical (unpaired) electrons. The van der Waals surface area contributed by atoms with Crippen LogP contribution >= 0.6 is 0 Å². The van der Waals surface area contributed by atoms with Gasteiger partial charge in [-0.15, -0.1) is 0 Å². The van der Waals surface area contributed by atoms with E-state index in [0.717, 1.165) is 23.1 Å². The van der Waals surface area contributed by atoms with E-state index in [1.165, 1.54) is 0 Å². The minimum atomic E-state index is 0.181. The van der Waals surface area contributed by atoms with E-state index in [4.69, 9.17) is 10.5 Å². The Morgan fingerprint density at radius 3 is 2.94 bits per heavy atom. The fraction of sp³-hybridized carbons (Fsp3) is 0.500. The summed E-state index contributed by atoms with van der Waals surface area (Å²) in [6.45, 7) is 4.71. The maximum absolute atomic E-state index is 5.97. The number of hydrogen-bond acceptors (Lipinski definition) is 4. The van der Waals surface area contributed by atoms with Crippen molar-refractivity contribution in [1.29, 1.82) is 0 Å². The molecular weight excluding hydrogens is 216 g/mol. The smallest absolute Gasteiger partial charge is 0.202 e. The Bertz CT molecular complexity index is 520. The fourth-order valence-electron chi connectivity index (χ4n) is 2.03. The Morgan fingerprint density at radius 2 is 2.29 bits per heavy atom. The summed E-state index contributed by atoms with van der Waals surface area (Å²) >= 11 is 0. The zero-order chi connectivity index (χ0) is 12.4. The monoisotopic (exact) mass is 234 g/mol. The molecule has 2 aromatic rings. The van der Waals surface area contributed by atoms with Crippen LogP contribution in [0.4, 0.5) is 5.95 Å². The van der Waals surface area contributed by atoms with E-state index in [0.29, 0.717) is 12.6 Å². The second-order valence-electron chi connectivity index (χ2n) is 4.21. The number of fused-ring (bicyclic) bond motifs is 1. The number of nitrogen functional groups attached to an aromatic ring is 1. The van der Waals surface area contributed by atoms with Crippen LogP contribution in [0, 0.1) is 6.92 Å². The Morgan fingerprint density at radius 1 is 1.53 bits per heavy atom. The first-order chi connectivity index (χ1) is 8.17. The molecule has 5 heteroatoms. The predicted molar refractivity (Wildman–Crippen MR) is 67.9 cm³/mol. The van der Waals surface area contributed by atoms with Crippen LogP contribution in [0.25, 0.3) is 11.2 Å². The van der Waals surface area contributed by atoms with E-state index in [-0.39, 0.29) is 6.04 Å². The Hall–Kier alpha value is -1.62. The summed E-state index contributed by atoms with van der Waals surface area (Å²) in [5.74, 6) is 0.502. The molecule has 92 valence electrons. The quantitative estimate of drug-likeness (QED) is 0.877. The Balaban J connectivity index is 2.55. The number of nitrogens with two attached hydrogens (primary N) is 1. The van der Waals surface area contributed by atoms with Crippen LogP contribution in [0.2, 0.25) is 0 Å². The lowest BCUT2D eigenvalue weighted by molar-refractivity contribution is 0.155. The van der Waals surface area contributed by atoms with Crippen molar-refractivity contribution in [2.75, 3.05) is 19.5 Å². The van der Waals surface area contributed by atoms with Crippen LogP contribution in [0.15, 0.2) is 12.3 Å². The molecule has 0 aromatic carbocycles. The number of imidazole rings is 1. The van der Waals surface area contributed by atoms with Gasteiger partial charge in [-0.3, -0.25) is 4.57 Å². The molecule has 17 heavy (non-hydrogen) atoms. The SMILES string of the molecule is CCC(COC)n1c(N)nc2cc(C)cnc21. The van der Waals surface area contributed by atoms with Crippen LogP contribution in [0.3, 0.4) is 0 Å². The third kappa shape index (κ3) is 2.10. The summed E-state index contributed by atoms with van der Waals surface area (Å²) in [5.41, 5.74) is 8.73. The van der Waals surface area contributed by atoms with Gasteiger partial charge in [0.05, 0.1) is 12.6 Å². The molecule has 2 heterocycles. The molecule has 0 amide bonds. The van der Waals surface area contributed by atoms with Crippen molar-refractivity contribution in [3.8, 4) is 0 Å². The number of anilines is 1. The molecule has 5 nitrogen and oxygen atoms in total. The van der Waals surface area contributed by atoms with Gasteiger partial charge in [0, 0.05) is 13.3 Å². The topological polar surface area (TPSA) is 66.0 Å². The molecular formula is C12H18N4O. The summed E-state index contributed by atoms with van der Waals surface area (Å²) in [6, 6.07) is 2.18. The second-order valence-corrected chi connectivity index (χ2v) is 4.21. The molecule has 2 rings (SSSR count). The first-order valence-electron chi connectivity index (χ1n) is 5.76. The first-order valence-corrected chi connectivity index (χ1v) is 5.76. The van der Waals surface area contributed by atoms with Gasteiger partial charge in [-0.2, -0.15) is 0 Å². The number of nitrogens with zero attached hydrogens (tertiary/aromatic N) is 3. The third-order valence-electron chi connectivity index (χ3n) is 2.89. The van der Waals surface area contributed by atoms with Crippen LogP contribution in [-0.4, -0.2) is 28.3 Å². The highest BCUT2D eigenvalue weighted by Gasteiger charge is 2.17. The molecule has 0 fully saturated rings. The van der Waals surface area contributed by atoms with Gasteiger partial charge >= 0.3 is 0 Å². The van der Waals surface area contributed by atoms with E-state index in [2.05, 4.69) is 16.9 Å². The molecule has 0 aliphatic rings. The van der Waals surface area contributed by atoms with Gasteiger partial charge < -0.3 is 10.5 Å². The minimum Gasteiger partial charge on any atom is -0.383 e. The lowest BCUT2D eigenvalue weighted by Gasteiger charge is -2.17. The van der Waals surface area contributed by atoms with E-state index in [9.17, 15) is 0 Å². The molecule has 0 aliphatic heterocycles. The van der Waals surface area contributed by atoms with Gasteiger partial charge in [-0.25, -0.2) is 9.97 Å². The number of methoxy groups -OCH3 is 1. The number of pyridine rings is 1. The molecule has 0 bridgehead atoms. The maximum atomic E-state index is 5.97. The van der Waals surface area contributed by atoms with Crippen molar-refractivity contribution in [3.05, 3.63) is 17.8 Å². The highest BCUT2D eigenvalue weighted by molar-refractivity contribution is 5.74. The van der Waals surface area contributed by atoms with Crippen LogP contribution in [0.1, 0.15) is 24.9 Å². The second kappa shape index (κ2) is 4.71. The van der Waals surface area contributed by atoms with Gasteiger partial charge in [0.25, 0.3) is 0 Å². The molecule has 1 atom stereocenters. The summed E-state index contributed by atoms with van der Waals surface area (Å²) in [6.07, 6.45) is 2.76. The van der Waals surface area contributed by atoms with Gasteiger partial charge in [0.2, 0.25) is 5.95 Å². The minimum absolute atomic E-state index is 0.181. The Kier molecular flexibility index (Phi) is 3.28. The normalized spacial score (nSPS) is 13.1. The fourth-order valence-corrected chi connectivity index (χ4v) is 2.03. The van der Waals surface area contributed by atoms with Crippen LogP contribution in [0.5, 0.6) is 0 Å². The molecule has 0 saturated carbocycles. The molecule has 2 aromatic heterocycles. The molecule has 0 aliphatic carbocycles. The number of ether oxygens (including phenoxy) is 1. The average Bonchev–Trinajstić information content (AvgIpc) is 2.61. The molecule has 2 N–H and O–H groups in total. The Labute approximate surface area is 101 Å². The third-order valence-corrected chi connectivity index (χ3v) is 2.89. The van der Waals surface area contributed by atoms with Crippen molar-refractivity contribution in [3.63, 3.8) is 0 Å².